The van der Waals surface area contributed by atoms with E-state index in [9.17, 15) is 0 Å². The summed E-state index contributed by atoms with van der Waals surface area (Å²) in [6.45, 7) is 0. The molecule has 6 heteroatoms. The highest BCUT2D eigenvalue weighted by Gasteiger charge is 2.05. The molecule has 0 aromatic carbocycles. The first-order valence-electron chi connectivity index (χ1n) is 3.32. The van der Waals surface area contributed by atoms with Gasteiger partial charge in [-0.1, -0.05) is 0 Å². The molecule has 2 aromatic heterocycles. The fraction of sp³-hybridized carbons (Fsp3) is 0.167. The molecule has 62 valence electrons. The van der Waals surface area contributed by atoms with Crippen molar-refractivity contribution in [3.8, 4) is 0 Å². The van der Waals surface area contributed by atoms with Crippen LogP contribution in [0.1, 0.15) is 0 Å². The van der Waals surface area contributed by atoms with Crippen LogP contribution in [0.3, 0.4) is 0 Å². The lowest BCUT2D eigenvalue weighted by Gasteiger charge is -1.97. The van der Waals surface area contributed by atoms with Crippen molar-refractivity contribution in [2.75, 3.05) is 12.0 Å². The monoisotopic (exact) mass is 181 g/mol. The molecule has 0 aliphatic heterocycles. The van der Waals surface area contributed by atoms with Crippen LogP contribution in [0.15, 0.2) is 11.2 Å². The zero-order valence-electron chi connectivity index (χ0n) is 6.40. The second kappa shape index (κ2) is 2.63. The van der Waals surface area contributed by atoms with Gasteiger partial charge in [0, 0.05) is 0 Å². The Kier molecular flexibility index (Phi) is 1.61. The quantitative estimate of drug-likeness (QED) is 0.499. The maximum atomic E-state index is 5.48. The first-order chi connectivity index (χ1) is 5.81. The number of nitrogens with one attached hydrogen (secondary N) is 1. The van der Waals surface area contributed by atoms with Crippen LogP contribution in [0.5, 0.6) is 0 Å². The normalized spacial score (nSPS) is 10.8. The molecule has 12 heavy (non-hydrogen) atoms. The van der Waals surface area contributed by atoms with E-state index in [2.05, 4.69) is 20.2 Å². The Morgan fingerprint density at radius 2 is 2.33 bits per heavy atom. The average molecular weight is 181 g/mol. The van der Waals surface area contributed by atoms with Crippen LogP contribution < -0.4 is 5.73 Å². The highest BCUT2D eigenvalue weighted by Crippen LogP contribution is 2.21. The molecule has 0 saturated heterocycles. The molecule has 0 amide bonds. The lowest BCUT2D eigenvalue weighted by atomic mass is 10.5. The molecule has 0 atom stereocenters. The third kappa shape index (κ3) is 1.00. The molecule has 0 radical (unpaired) electrons. The van der Waals surface area contributed by atoms with Gasteiger partial charge in [0.05, 0.1) is 6.20 Å². The number of H-pyrrole nitrogens is 1. The number of hydrogen-bond acceptors (Lipinski definition) is 5. The predicted molar refractivity (Wildman–Crippen MR) is 47.9 cm³/mol. The van der Waals surface area contributed by atoms with E-state index >= 15 is 0 Å². The average Bonchev–Trinajstić information content (AvgIpc) is 2.50. The van der Waals surface area contributed by atoms with Gasteiger partial charge in [0.15, 0.2) is 0 Å². The van der Waals surface area contributed by atoms with E-state index in [0.29, 0.717) is 0 Å². The summed E-state index contributed by atoms with van der Waals surface area (Å²) >= 11 is 1.51. The van der Waals surface area contributed by atoms with Crippen molar-refractivity contribution in [2.24, 2.45) is 0 Å². The van der Waals surface area contributed by atoms with Crippen molar-refractivity contribution in [1.82, 2.24) is 20.2 Å². The van der Waals surface area contributed by atoms with E-state index < -0.39 is 0 Å². The number of aromatic amines is 1. The number of aromatic nitrogens is 4. The Balaban J connectivity index is 2.80. The Morgan fingerprint density at radius 1 is 1.50 bits per heavy atom. The molecule has 0 unspecified atom stereocenters. The van der Waals surface area contributed by atoms with Gasteiger partial charge in [-0.2, -0.15) is 5.10 Å². The summed E-state index contributed by atoms with van der Waals surface area (Å²) in [6.07, 6.45) is 3.56. The summed E-state index contributed by atoms with van der Waals surface area (Å²) in [5, 5.41) is 7.50. The van der Waals surface area contributed by atoms with E-state index in [0.717, 1.165) is 16.1 Å². The summed E-state index contributed by atoms with van der Waals surface area (Å²) in [5.41, 5.74) is 7.08. The minimum absolute atomic E-state index is 0.285. The molecular formula is C6H7N5S. The van der Waals surface area contributed by atoms with Crippen LogP contribution in [0, 0.1) is 0 Å². The number of thioether (sulfide) groups is 1. The van der Waals surface area contributed by atoms with Crippen molar-refractivity contribution < 1.29 is 0 Å². The minimum atomic E-state index is 0.285. The standard InChI is InChI=1S/C6H7N5S/c1-12-5-4-3(2-8-11-4)9-6(7)10-5/h2H,1H3,(H,8,11)(H2,7,9,10). The van der Waals surface area contributed by atoms with Gasteiger partial charge < -0.3 is 5.73 Å². The van der Waals surface area contributed by atoms with Gasteiger partial charge in [0.25, 0.3) is 0 Å². The molecule has 3 N–H and O–H groups in total. The smallest absolute Gasteiger partial charge is 0.221 e. The second-order valence-corrected chi connectivity index (χ2v) is 3.02. The van der Waals surface area contributed by atoms with Gasteiger partial charge in [-0.3, -0.25) is 5.10 Å². The lowest BCUT2D eigenvalue weighted by molar-refractivity contribution is 1.07. The third-order valence-electron chi connectivity index (χ3n) is 1.48. The Hall–Kier alpha value is -1.30. The maximum Gasteiger partial charge on any atom is 0.221 e. The van der Waals surface area contributed by atoms with Crippen LogP contribution >= 0.6 is 11.8 Å². The fourth-order valence-electron chi connectivity index (χ4n) is 0.978. The molecule has 0 aliphatic rings. The van der Waals surface area contributed by atoms with Crippen molar-refractivity contribution in [3.05, 3.63) is 6.20 Å². The number of nitrogen functional groups attached to an aromatic ring is 1. The summed E-state index contributed by atoms with van der Waals surface area (Å²) in [6, 6.07) is 0. The van der Waals surface area contributed by atoms with E-state index in [-0.39, 0.29) is 5.95 Å². The summed E-state index contributed by atoms with van der Waals surface area (Å²) in [5.74, 6) is 0.285. The van der Waals surface area contributed by atoms with Crippen molar-refractivity contribution >= 4 is 28.7 Å². The van der Waals surface area contributed by atoms with Gasteiger partial charge in [-0.15, -0.1) is 11.8 Å². The van der Waals surface area contributed by atoms with Gasteiger partial charge in [-0.25, -0.2) is 9.97 Å². The SMILES string of the molecule is CSc1nc(N)nc2cn[nH]c12. The molecule has 0 saturated carbocycles. The fourth-order valence-corrected chi connectivity index (χ4v) is 1.52. The maximum absolute atomic E-state index is 5.48. The zero-order chi connectivity index (χ0) is 8.55. The highest BCUT2D eigenvalue weighted by atomic mass is 32.2. The van der Waals surface area contributed by atoms with Crippen molar-refractivity contribution in [1.29, 1.82) is 0 Å². The summed E-state index contributed by atoms with van der Waals surface area (Å²) in [7, 11) is 0. The number of nitrogens with zero attached hydrogens (tertiary/aromatic N) is 3. The number of fused-ring (bicyclic) bond motifs is 1. The van der Waals surface area contributed by atoms with Gasteiger partial charge in [-0.05, 0) is 6.26 Å². The van der Waals surface area contributed by atoms with Crippen LogP contribution in [-0.4, -0.2) is 26.4 Å². The molecule has 2 rings (SSSR count). The summed E-state index contributed by atoms with van der Waals surface area (Å²) in [4.78, 5) is 8.05. The van der Waals surface area contributed by atoms with Gasteiger partial charge >= 0.3 is 0 Å². The topological polar surface area (TPSA) is 80.5 Å². The first kappa shape index (κ1) is 7.35. The number of rotatable bonds is 1. The molecular weight excluding hydrogens is 174 g/mol. The Bertz CT molecular complexity index is 409. The molecule has 2 heterocycles. The Labute approximate surface area is 72.8 Å². The molecule has 0 bridgehead atoms. The van der Waals surface area contributed by atoms with Crippen LogP contribution in [0.25, 0.3) is 11.0 Å². The molecule has 0 aliphatic carbocycles. The minimum Gasteiger partial charge on any atom is -0.368 e. The lowest BCUT2D eigenvalue weighted by Crippen LogP contribution is -1.95. The van der Waals surface area contributed by atoms with Crippen molar-refractivity contribution in [3.63, 3.8) is 0 Å². The zero-order valence-corrected chi connectivity index (χ0v) is 7.22. The van der Waals surface area contributed by atoms with E-state index in [1.807, 2.05) is 6.26 Å². The third-order valence-corrected chi connectivity index (χ3v) is 2.16. The molecule has 0 fully saturated rings. The number of nitrogens with two attached hydrogens (primary N) is 1. The number of hydrogen-bond donors (Lipinski definition) is 2. The Morgan fingerprint density at radius 3 is 3.08 bits per heavy atom. The van der Waals surface area contributed by atoms with Crippen LogP contribution in [0.4, 0.5) is 5.95 Å². The summed E-state index contributed by atoms with van der Waals surface area (Å²) < 4.78 is 0. The first-order valence-corrected chi connectivity index (χ1v) is 4.54. The molecule has 5 nitrogen and oxygen atoms in total. The van der Waals surface area contributed by atoms with E-state index in [1.54, 1.807) is 6.20 Å². The van der Waals surface area contributed by atoms with Gasteiger partial charge in [0.2, 0.25) is 5.95 Å². The largest absolute Gasteiger partial charge is 0.368 e. The van der Waals surface area contributed by atoms with Crippen LogP contribution in [-0.2, 0) is 0 Å². The van der Waals surface area contributed by atoms with Gasteiger partial charge in [0.1, 0.15) is 16.1 Å². The highest BCUT2D eigenvalue weighted by molar-refractivity contribution is 7.98. The molecule has 2 aromatic rings. The van der Waals surface area contributed by atoms with Crippen molar-refractivity contribution in [2.45, 2.75) is 5.03 Å². The predicted octanol–water partition coefficient (Wildman–Crippen LogP) is 0.657. The molecule has 0 spiro atoms. The van der Waals surface area contributed by atoms with E-state index in [4.69, 9.17) is 5.73 Å². The number of anilines is 1. The van der Waals surface area contributed by atoms with E-state index in [1.165, 1.54) is 11.8 Å². The van der Waals surface area contributed by atoms with Crippen LogP contribution in [0.2, 0.25) is 0 Å². The second-order valence-electron chi connectivity index (χ2n) is 2.22.